The van der Waals surface area contributed by atoms with Crippen molar-refractivity contribution in [1.29, 1.82) is 0 Å². The van der Waals surface area contributed by atoms with E-state index in [0.717, 1.165) is 9.88 Å². The number of nitrogens with one attached hydrogen (secondary N) is 1. The van der Waals surface area contributed by atoms with Gasteiger partial charge in [-0.1, -0.05) is 13.8 Å². The average molecular weight is 268 g/mol. The summed E-state index contributed by atoms with van der Waals surface area (Å²) in [6, 6.07) is 0. The van der Waals surface area contributed by atoms with Crippen molar-refractivity contribution in [2.75, 3.05) is 0 Å². The molecule has 0 saturated heterocycles. The molecule has 1 aliphatic carbocycles. The highest BCUT2D eigenvalue weighted by molar-refractivity contribution is 7.11. The molecule has 0 aromatic carbocycles. The number of hydrogen-bond acceptors (Lipinski definition) is 4. The van der Waals surface area contributed by atoms with Crippen molar-refractivity contribution in [3.63, 3.8) is 0 Å². The summed E-state index contributed by atoms with van der Waals surface area (Å²) in [6.45, 7) is 5.94. The molecule has 1 heterocycles. The van der Waals surface area contributed by atoms with Gasteiger partial charge in [0.2, 0.25) is 5.91 Å². The molecular formula is C12H16N2O3S. The molecule has 18 heavy (non-hydrogen) atoms. The molecule has 1 aromatic rings. The second-order valence-corrected chi connectivity index (χ2v) is 6.52. The first-order chi connectivity index (χ1) is 8.34. The summed E-state index contributed by atoms with van der Waals surface area (Å²) < 4.78 is 0. The van der Waals surface area contributed by atoms with Crippen molar-refractivity contribution >= 4 is 23.2 Å². The molecule has 1 amide bonds. The number of aromatic nitrogens is 1. The van der Waals surface area contributed by atoms with E-state index < -0.39 is 23.2 Å². The topological polar surface area (TPSA) is 79.3 Å². The van der Waals surface area contributed by atoms with Crippen LogP contribution in [-0.2, 0) is 16.1 Å². The van der Waals surface area contributed by atoms with Crippen LogP contribution in [0.15, 0.2) is 6.20 Å². The van der Waals surface area contributed by atoms with Gasteiger partial charge in [0.05, 0.1) is 18.4 Å². The van der Waals surface area contributed by atoms with Gasteiger partial charge in [-0.2, -0.15) is 0 Å². The van der Waals surface area contributed by atoms with Crippen LogP contribution in [0, 0.1) is 24.2 Å². The van der Waals surface area contributed by atoms with E-state index in [2.05, 4.69) is 10.3 Å². The molecule has 0 bridgehead atoms. The Hall–Kier alpha value is -1.43. The first-order valence-electron chi connectivity index (χ1n) is 5.76. The number of carbonyl (C=O) groups excluding carboxylic acids is 1. The monoisotopic (exact) mass is 268 g/mol. The Labute approximate surface area is 109 Å². The summed E-state index contributed by atoms with van der Waals surface area (Å²) in [5.41, 5.74) is -0.450. The Morgan fingerprint density at radius 3 is 2.61 bits per heavy atom. The normalized spacial score (nSPS) is 24.6. The zero-order valence-corrected chi connectivity index (χ0v) is 11.4. The van der Waals surface area contributed by atoms with Gasteiger partial charge in [-0.15, -0.1) is 11.3 Å². The lowest BCUT2D eigenvalue weighted by Crippen LogP contribution is -2.26. The van der Waals surface area contributed by atoms with Gasteiger partial charge in [-0.3, -0.25) is 9.59 Å². The maximum Gasteiger partial charge on any atom is 0.307 e. The zero-order valence-electron chi connectivity index (χ0n) is 10.6. The summed E-state index contributed by atoms with van der Waals surface area (Å²) in [7, 11) is 0. The van der Waals surface area contributed by atoms with E-state index in [9.17, 15) is 9.59 Å². The highest BCUT2D eigenvalue weighted by Gasteiger charge is 2.65. The number of rotatable bonds is 4. The van der Waals surface area contributed by atoms with Crippen LogP contribution in [0.4, 0.5) is 0 Å². The van der Waals surface area contributed by atoms with Gasteiger partial charge in [0.25, 0.3) is 0 Å². The molecule has 5 nitrogen and oxygen atoms in total. The van der Waals surface area contributed by atoms with E-state index in [-0.39, 0.29) is 5.91 Å². The van der Waals surface area contributed by atoms with Crippen LogP contribution >= 0.6 is 11.3 Å². The summed E-state index contributed by atoms with van der Waals surface area (Å²) in [5, 5.41) is 12.6. The minimum atomic E-state index is -0.898. The number of carboxylic acids is 1. The van der Waals surface area contributed by atoms with Crippen molar-refractivity contribution in [1.82, 2.24) is 10.3 Å². The van der Waals surface area contributed by atoms with Gasteiger partial charge in [0.15, 0.2) is 0 Å². The predicted octanol–water partition coefficient (Wildman–Crippen LogP) is 1.42. The molecule has 2 N–H and O–H groups in total. The second-order valence-electron chi connectivity index (χ2n) is 5.20. The van der Waals surface area contributed by atoms with Crippen molar-refractivity contribution < 1.29 is 14.7 Å². The lowest BCUT2D eigenvalue weighted by Gasteiger charge is -2.03. The smallest absolute Gasteiger partial charge is 0.307 e. The molecule has 2 rings (SSSR count). The van der Waals surface area contributed by atoms with Crippen LogP contribution in [0.2, 0.25) is 0 Å². The highest BCUT2D eigenvalue weighted by atomic mass is 32.1. The standard InChI is InChI=1S/C12H16N2O3S/c1-6-4-13-7(18-6)5-14-10(15)8-9(11(16)17)12(8,2)3/h4,8-9H,5H2,1-3H3,(H,14,15)(H,16,17)/t8-,9+/m1/s1. The van der Waals surface area contributed by atoms with E-state index >= 15 is 0 Å². The van der Waals surface area contributed by atoms with Crippen molar-refractivity contribution in [3.05, 3.63) is 16.1 Å². The molecular weight excluding hydrogens is 252 g/mol. The third kappa shape index (κ3) is 2.25. The molecule has 98 valence electrons. The number of carboxylic acid groups (broad SMARTS) is 1. The van der Waals surface area contributed by atoms with Crippen LogP contribution in [0.25, 0.3) is 0 Å². The SMILES string of the molecule is Cc1cnc(CNC(=O)[C@H]2[C@@H](C(=O)O)C2(C)C)s1. The summed E-state index contributed by atoms with van der Waals surface area (Å²) in [4.78, 5) is 28.1. The first kappa shape index (κ1) is 13.0. The van der Waals surface area contributed by atoms with Gasteiger partial charge in [-0.05, 0) is 12.3 Å². The number of thiazole rings is 1. The fourth-order valence-corrected chi connectivity index (χ4v) is 3.07. The fraction of sp³-hybridized carbons (Fsp3) is 0.583. The number of carbonyl (C=O) groups is 2. The van der Waals surface area contributed by atoms with Crippen LogP contribution in [0.3, 0.4) is 0 Å². The molecule has 1 aromatic heterocycles. The molecule has 2 atom stereocenters. The molecule has 1 saturated carbocycles. The van der Waals surface area contributed by atoms with Crippen molar-refractivity contribution in [3.8, 4) is 0 Å². The maximum absolute atomic E-state index is 11.9. The molecule has 6 heteroatoms. The van der Waals surface area contributed by atoms with Crippen LogP contribution in [-0.4, -0.2) is 22.0 Å². The third-order valence-corrected chi connectivity index (χ3v) is 4.37. The zero-order chi connectivity index (χ0) is 13.5. The largest absolute Gasteiger partial charge is 0.481 e. The molecule has 0 spiro atoms. The lowest BCUT2D eigenvalue weighted by atomic mass is 10.1. The Morgan fingerprint density at radius 1 is 1.50 bits per heavy atom. The highest BCUT2D eigenvalue weighted by Crippen LogP contribution is 2.58. The van der Waals surface area contributed by atoms with Crippen molar-refractivity contribution in [2.45, 2.75) is 27.3 Å². The van der Waals surface area contributed by atoms with E-state index in [1.807, 2.05) is 20.8 Å². The minimum absolute atomic E-state index is 0.194. The summed E-state index contributed by atoms with van der Waals surface area (Å²) in [5.74, 6) is -2.10. The van der Waals surface area contributed by atoms with E-state index in [1.54, 1.807) is 6.20 Å². The van der Waals surface area contributed by atoms with Gasteiger partial charge >= 0.3 is 5.97 Å². The van der Waals surface area contributed by atoms with Gasteiger partial charge in [-0.25, -0.2) is 4.98 Å². The number of aryl methyl sites for hydroxylation is 1. The Kier molecular flexibility index (Phi) is 3.14. The summed E-state index contributed by atoms with van der Waals surface area (Å²) >= 11 is 1.53. The number of aliphatic carboxylic acids is 1. The quantitative estimate of drug-likeness (QED) is 0.865. The number of amides is 1. The molecule has 0 unspecified atom stereocenters. The Bertz CT molecular complexity index is 495. The predicted molar refractivity (Wildman–Crippen MR) is 67.1 cm³/mol. The average Bonchev–Trinajstić information content (AvgIpc) is 2.63. The Morgan fingerprint density at radius 2 is 2.17 bits per heavy atom. The third-order valence-electron chi connectivity index (χ3n) is 3.46. The number of nitrogens with zero attached hydrogens (tertiary/aromatic N) is 1. The van der Waals surface area contributed by atoms with Crippen LogP contribution < -0.4 is 5.32 Å². The van der Waals surface area contributed by atoms with Crippen molar-refractivity contribution in [2.24, 2.45) is 17.3 Å². The lowest BCUT2D eigenvalue weighted by molar-refractivity contribution is -0.140. The fourth-order valence-electron chi connectivity index (χ4n) is 2.34. The van der Waals surface area contributed by atoms with Gasteiger partial charge in [0, 0.05) is 11.1 Å². The molecule has 0 radical (unpaired) electrons. The first-order valence-corrected chi connectivity index (χ1v) is 6.57. The molecule has 1 aliphatic rings. The molecule has 0 aliphatic heterocycles. The van der Waals surface area contributed by atoms with Gasteiger partial charge in [0.1, 0.15) is 5.01 Å². The summed E-state index contributed by atoms with van der Waals surface area (Å²) in [6.07, 6.45) is 1.76. The van der Waals surface area contributed by atoms with Crippen LogP contribution in [0.1, 0.15) is 23.7 Å². The number of hydrogen-bond donors (Lipinski definition) is 2. The molecule has 1 fully saturated rings. The van der Waals surface area contributed by atoms with E-state index in [0.29, 0.717) is 6.54 Å². The van der Waals surface area contributed by atoms with E-state index in [4.69, 9.17) is 5.11 Å². The van der Waals surface area contributed by atoms with E-state index in [1.165, 1.54) is 11.3 Å². The maximum atomic E-state index is 11.9. The minimum Gasteiger partial charge on any atom is -0.481 e. The van der Waals surface area contributed by atoms with Gasteiger partial charge < -0.3 is 10.4 Å². The second kappa shape index (κ2) is 4.35. The Balaban J connectivity index is 1.92. The van der Waals surface area contributed by atoms with Crippen LogP contribution in [0.5, 0.6) is 0 Å².